The summed E-state index contributed by atoms with van der Waals surface area (Å²) >= 11 is 0. The van der Waals surface area contributed by atoms with Crippen molar-refractivity contribution in [1.29, 1.82) is 0 Å². The molecule has 4 heterocycles. The Morgan fingerprint density at radius 3 is 2.39 bits per heavy atom. The Balaban J connectivity index is 1.28. The van der Waals surface area contributed by atoms with Gasteiger partial charge in [-0.1, -0.05) is 30.3 Å². The van der Waals surface area contributed by atoms with E-state index in [-0.39, 0.29) is 24.8 Å². The number of hydrogen-bond acceptors (Lipinski definition) is 7. The number of carbonyl (C=O) groups excluding carboxylic acids is 1. The van der Waals surface area contributed by atoms with Gasteiger partial charge in [0.05, 0.1) is 30.9 Å². The second-order valence-electron chi connectivity index (χ2n) is 8.70. The average molecular weight is 425 g/mol. The fourth-order valence-corrected chi connectivity index (χ4v) is 4.95. The minimum absolute atomic E-state index is 0.229. The molecular weight excluding hydrogens is 396 g/mol. The van der Waals surface area contributed by atoms with Crippen LogP contribution in [0, 0.1) is 0 Å². The summed E-state index contributed by atoms with van der Waals surface area (Å²) in [7, 11) is 0. The van der Waals surface area contributed by atoms with Crippen LogP contribution in [-0.4, -0.2) is 64.5 Å². The van der Waals surface area contributed by atoms with E-state index in [1.54, 1.807) is 17.3 Å². The molecule has 2 aromatic rings. The van der Waals surface area contributed by atoms with Crippen LogP contribution in [0.25, 0.3) is 0 Å². The number of fused-ring (bicyclic) bond motifs is 2. The molecule has 2 unspecified atom stereocenters. The Hall–Kier alpha value is -2.71. The summed E-state index contributed by atoms with van der Waals surface area (Å²) in [5.41, 5.74) is 0.560. The van der Waals surface area contributed by atoms with Crippen LogP contribution in [0.15, 0.2) is 42.7 Å². The molecule has 1 aromatic heterocycles. The summed E-state index contributed by atoms with van der Waals surface area (Å²) in [6.07, 6.45) is 6.18. The molecule has 3 aliphatic heterocycles. The van der Waals surface area contributed by atoms with Gasteiger partial charge in [0.15, 0.2) is 0 Å². The number of hydrogen-bond donors (Lipinski definition) is 1. The SMILES string of the molecule is O=C(OCc1ccccc1)N1C2COCC1CC(O)(c1cnc(N3CCCC3)nc1)C2. The third-order valence-electron chi connectivity index (χ3n) is 6.53. The first-order valence-electron chi connectivity index (χ1n) is 11.0. The molecule has 2 atom stereocenters. The Morgan fingerprint density at radius 1 is 1.10 bits per heavy atom. The standard InChI is InChI=1S/C23H28N4O4/c28-22(31-14-17-6-2-1-3-7-17)27-19-10-23(29,11-20(27)16-30-15-19)18-12-24-21(25-13-18)26-8-4-5-9-26/h1-3,6-7,12-13,19-20,29H,4-5,8-11,14-16H2. The maximum Gasteiger partial charge on any atom is 0.410 e. The molecule has 1 amide bonds. The zero-order valence-corrected chi connectivity index (χ0v) is 17.5. The fraction of sp³-hybridized carbons (Fsp3) is 0.522. The predicted octanol–water partition coefficient (Wildman–Crippen LogP) is 2.46. The monoisotopic (exact) mass is 424 g/mol. The van der Waals surface area contributed by atoms with Crippen molar-refractivity contribution in [3.05, 3.63) is 53.9 Å². The van der Waals surface area contributed by atoms with Gasteiger partial charge in [-0.3, -0.25) is 4.90 Å². The maximum absolute atomic E-state index is 12.9. The van der Waals surface area contributed by atoms with Crippen molar-refractivity contribution in [3.63, 3.8) is 0 Å². The zero-order valence-electron chi connectivity index (χ0n) is 17.5. The lowest BCUT2D eigenvalue weighted by Gasteiger charge is -2.50. The van der Waals surface area contributed by atoms with Crippen LogP contribution in [0.4, 0.5) is 10.7 Å². The molecule has 3 saturated heterocycles. The molecule has 1 N–H and O–H groups in total. The van der Waals surface area contributed by atoms with E-state index in [1.807, 2.05) is 30.3 Å². The first-order valence-corrected chi connectivity index (χ1v) is 11.0. The molecule has 1 aromatic carbocycles. The Kier molecular flexibility index (Phi) is 5.50. The number of benzene rings is 1. The van der Waals surface area contributed by atoms with Gasteiger partial charge in [-0.25, -0.2) is 14.8 Å². The summed E-state index contributed by atoms with van der Waals surface area (Å²) in [5.74, 6) is 0.718. The highest BCUT2D eigenvalue weighted by atomic mass is 16.6. The first kappa shape index (κ1) is 20.2. The highest BCUT2D eigenvalue weighted by Crippen LogP contribution is 2.41. The van der Waals surface area contributed by atoms with Crippen molar-refractivity contribution in [2.75, 3.05) is 31.2 Å². The number of ether oxygens (including phenoxy) is 2. The zero-order chi connectivity index (χ0) is 21.3. The molecule has 31 heavy (non-hydrogen) atoms. The lowest BCUT2D eigenvalue weighted by molar-refractivity contribution is -0.137. The van der Waals surface area contributed by atoms with Crippen molar-refractivity contribution in [1.82, 2.24) is 14.9 Å². The molecule has 3 fully saturated rings. The number of anilines is 1. The maximum atomic E-state index is 12.9. The topological polar surface area (TPSA) is 88.0 Å². The van der Waals surface area contributed by atoms with Crippen LogP contribution >= 0.6 is 0 Å². The van der Waals surface area contributed by atoms with E-state index in [1.165, 1.54) is 0 Å². The van der Waals surface area contributed by atoms with E-state index in [0.29, 0.717) is 31.6 Å². The van der Waals surface area contributed by atoms with E-state index in [2.05, 4.69) is 14.9 Å². The number of amides is 1. The van der Waals surface area contributed by atoms with Gasteiger partial charge in [-0.05, 0) is 18.4 Å². The highest BCUT2D eigenvalue weighted by molar-refractivity contribution is 5.69. The van der Waals surface area contributed by atoms with E-state index in [4.69, 9.17) is 9.47 Å². The Bertz CT molecular complexity index is 888. The van der Waals surface area contributed by atoms with Crippen molar-refractivity contribution in [2.24, 2.45) is 0 Å². The van der Waals surface area contributed by atoms with Crippen molar-refractivity contribution < 1.29 is 19.4 Å². The summed E-state index contributed by atoms with van der Waals surface area (Å²) in [5, 5.41) is 11.5. The number of aliphatic hydroxyl groups is 1. The highest BCUT2D eigenvalue weighted by Gasteiger charge is 2.49. The van der Waals surface area contributed by atoms with Crippen LogP contribution in [0.3, 0.4) is 0 Å². The van der Waals surface area contributed by atoms with Crippen LogP contribution in [0.1, 0.15) is 36.8 Å². The number of nitrogens with zero attached hydrogens (tertiary/aromatic N) is 4. The number of morpholine rings is 1. The van der Waals surface area contributed by atoms with Crippen molar-refractivity contribution in [2.45, 2.75) is 50.0 Å². The van der Waals surface area contributed by atoms with E-state index >= 15 is 0 Å². The summed E-state index contributed by atoms with van der Waals surface area (Å²) < 4.78 is 11.3. The normalized spacial score (nSPS) is 27.9. The minimum atomic E-state index is -1.08. The molecule has 2 bridgehead atoms. The smallest absolute Gasteiger partial charge is 0.410 e. The first-order chi connectivity index (χ1) is 15.1. The molecule has 3 aliphatic rings. The quantitative estimate of drug-likeness (QED) is 0.807. The number of piperidine rings is 1. The molecule has 0 radical (unpaired) electrons. The fourth-order valence-electron chi connectivity index (χ4n) is 4.95. The molecule has 0 spiro atoms. The number of rotatable bonds is 4. The van der Waals surface area contributed by atoms with Gasteiger partial charge in [-0.15, -0.1) is 0 Å². The van der Waals surface area contributed by atoms with Crippen molar-refractivity contribution in [3.8, 4) is 0 Å². The van der Waals surface area contributed by atoms with Crippen LogP contribution in [0.5, 0.6) is 0 Å². The van der Waals surface area contributed by atoms with Crippen LogP contribution in [0.2, 0.25) is 0 Å². The van der Waals surface area contributed by atoms with E-state index < -0.39 is 5.60 Å². The Labute approximate surface area is 181 Å². The molecule has 8 heteroatoms. The van der Waals surface area contributed by atoms with Gasteiger partial charge in [-0.2, -0.15) is 0 Å². The molecular formula is C23H28N4O4. The van der Waals surface area contributed by atoms with Gasteiger partial charge in [0.2, 0.25) is 5.95 Å². The van der Waals surface area contributed by atoms with Crippen LogP contribution < -0.4 is 4.90 Å². The predicted molar refractivity (Wildman–Crippen MR) is 113 cm³/mol. The average Bonchev–Trinajstić information content (AvgIpc) is 3.33. The van der Waals surface area contributed by atoms with Crippen molar-refractivity contribution >= 4 is 12.0 Å². The largest absolute Gasteiger partial charge is 0.445 e. The lowest BCUT2D eigenvalue weighted by atomic mass is 9.78. The molecule has 8 nitrogen and oxygen atoms in total. The van der Waals surface area contributed by atoms with E-state index in [9.17, 15) is 9.90 Å². The molecule has 164 valence electrons. The number of aromatic nitrogens is 2. The van der Waals surface area contributed by atoms with E-state index in [0.717, 1.165) is 37.4 Å². The second-order valence-corrected chi connectivity index (χ2v) is 8.70. The lowest BCUT2D eigenvalue weighted by Crippen LogP contribution is -2.62. The second kappa shape index (κ2) is 8.43. The Morgan fingerprint density at radius 2 is 1.74 bits per heavy atom. The minimum Gasteiger partial charge on any atom is -0.445 e. The summed E-state index contributed by atoms with van der Waals surface area (Å²) in [6.45, 7) is 2.95. The van der Waals surface area contributed by atoms with Gasteiger partial charge < -0.3 is 19.5 Å². The van der Waals surface area contributed by atoms with Crippen LogP contribution in [-0.2, 0) is 21.7 Å². The number of carbonyl (C=O) groups is 1. The molecule has 0 aliphatic carbocycles. The van der Waals surface area contributed by atoms with Gasteiger partial charge in [0.25, 0.3) is 0 Å². The molecule has 5 rings (SSSR count). The third-order valence-corrected chi connectivity index (χ3v) is 6.53. The molecule has 0 saturated carbocycles. The summed E-state index contributed by atoms with van der Waals surface area (Å²) in [4.78, 5) is 25.8. The van der Waals surface area contributed by atoms with Gasteiger partial charge in [0, 0.05) is 43.9 Å². The third kappa shape index (κ3) is 4.09. The van der Waals surface area contributed by atoms with Gasteiger partial charge in [0.1, 0.15) is 6.61 Å². The van der Waals surface area contributed by atoms with Gasteiger partial charge >= 0.3 is 6.09 Å². The summed E-state index contributed by atoms with van der Waals surface area (Å²) in [6, 6.07) is 9.13.